The molecule has 0 aliphatic carbocycles. The molecule has 0 fully saturated rings. The molecule has 3 aromatic carbocycles. The van der Waals surface area contributed by atoms with Crippen molar-refractivity contribution in [1.82, 2.24) is 10.2 Å². The summed E-state index contributed by atoms with van der Waals surface area (Å²) < 4.78 is 28.6. The Morgan fingerprint density at radius 2 is 1.65 bits per heavy atom. The number of amides is 2. The molecule has 196 valence electrons. The molecule has 7 nitrogen and oxygen atoms in total. The standard InChI is InChI=1S/C28H32ClN3O4S/c1-4-17-30-28(34)22(3)31(19-23-10-6-5-7-11-23)27(33)20-32(25-12-8-9-21(2)18-25)37(35,36)26-15-13-24(29)14-16-26/h5-16,18,22H,4,17,19-20H2,1-3H3,(H,30,34)/t22-/m0/s1. The Hall–Kier alpha value is -3.36. The van der Waals surface area contributed by atoms with Crippen LogP contribution in [0.1, 0.15) is 31.4 Å². The van der Waals surface area contributed by atoms with Gasteiger partial charge in [0.05, 0.1) is 10.6 Å². The van der Waals surface area contributed by atoms with Crippen LogP contribution >= 0.6 is 11.6 Å². The van der Waals surface area contributed by atoms with Crippen LogP contribution in [0, 0.1) is 6.92 Å². The average molecular weight is 542 g/mol. The Kier molecular flexibility index (Phi) is 9.72. The molecule has 3 rings (SSSR count). The molecule has 0 heterocycles. The molecule has 0 unspecified atom stereocenters. The minimum atomic E-state index is -4.12. The maximum absolute atomic E-state index is 13.8. The molecule has 0 bridgehead atoms. The fraction of sp³-hybridized carbons (Fsp3) is 0.286. The van der Waals surface area contributed by atoms with E-state index >= 15 is 0 Å². The third-order valence-corrected chi connectivity index (χ3v) is 7.92. The first kappa shape index (κ1) is 28.2. The van der Waals surface area contributed by atoms with E-state index in [1.807, 2.05) is 50.2 Å². The number of nitrogens with one attached hydrogen (secondary N) is 1. The summed E-state index contributed by atoms with van der Waals surface area (Å²) in [5.74, 6) is -0.796. The summed E-state index contributed by atoms with van der Waals surface area (Å²) in [6.07, 6.45) is 0.756. The Labute approximate surface area is 224 Å². The Morgan fingerprint density at radius 1 is 0.973 bits per heavy atom. The van der Waals surface area contributed by atoms with Crippen LogP contribution in [-0.2, 0) is 26.2 Å². The molecule has 0 saturated heterocycles. The molecule has 0 spiro atoms. The van der Waals surface area contributed by atoms with Crippen molar-refractivity contribution in [2.45, 2.75) is 44.7 Å². The van der Waals surface area contributed by atoms with Crippen LogP contribution in [0.25, 0.3) is 0 Å². The van der Waals surface area contributed by atoms with Gasteiger partial charge in [-0.25, -0.2) is 8.42 Å². The van der Waals surface area contributed by atoms with Crippen molar-refractivity contribution in [2.75, 3.05) is 17.4 Å². The van der Waals surface area contributed by atoms with Crippen molar-refractivity contribution in [3.8, 4) is 0 Å². The first-order chi connectivity index (χ1) is 17.6. The number of sulfonamides is 1. The zero-order chi connectivity index (χ0) is 27.0. The Morgan fingerprint density at radius 3 is 2.27 bits per heavy atom. The van der Waals surface area contributed by atoms with E-state index in [2.05, 4.69) is 5.32 Å². The molecule has 0 aliphatic rings. The van der Waals surface area contributed by atoms with Gasteiger partial charge in [-0.05, 0) is 67.8 Å². The number of carbonyl (C=O) groups is 2. The number of rotatable bonds is 11. The third kappa shape index (κ3) is 7.33. The minimum Gasteiger partial charge on any atom is -0.354 e. The summed E-state index contributed by atoms with van der Waals surface area (Å²) in [6.45, 7) is 5.60. The van der Waals surface area contributed by atoms with E-state index in [0.29, 0.717) is 17.3 Å². The van der Waals surface area contributed by atoms with E-state index in [9.17, 15) is 18.0 Å². The lowest BCUT2D eigenvalue weighted by atomic mass is 10.1. The maximum Gasteiger partial charge on any atom is 0.264 e. The van der Waals surface area contributed by atoms with E-state index in [4.69, 9.17) is 11.6 Å². The van der Waals surface area contributed by atoms with Crippen LogP contribution in [-0.4, -0.2) is 44.3 Å². The summed E-state index contributed by atoms with van der Waals surface area (Å²) >= 11 is 5.98. The second-order valence-electron chi connectivity index (χ2n) is 8.78. The van der Waals surface area contributed by atoms with Gasteiger partial charge in [0.25, 0.3) is 10.0 Å². The van der Waals surface area contributed by atoms with Gasteiger partial charge >= 0.3 is 0 Å². The average Bonchev–Trinajstić information content (AvgIpc) is 2.89. The molecule has 3 aromatic rings. The van der Waals surface area contributed by atoms with Gasteiger partial charge in [0.2, 0.25) is 11.8 Å². The van der Waals surface area contributed by atoms with E-state index < -0.39 is 28.5 Å². The number of carbonyl (C=O) groups excluding carboxylic acids is 2. The van der Waals surface area contributed by atoms with Gasteiger partial charge in [-0.1, -0.05) is 61.0 Å². The van der Waals surface area contributed by atoms with Gasteiger partial charge in [0.15, 0.2) is 0 Å². The van der Waals surface area contributed by atoms with Gasteiger partial charge in [-0.2, -0.15) is 0 Å². The molecule has 2 amide bonds. The number of anilines is 1. The van der Waals surface area contributed by atoms with Crippen molar-refractivity contribution in [1.29, 1.82) is 0 Å². The number of benzene rings is 3. The lowest BCUT2D eigenvalue weighted by molar-refractivity contribution is -0.139. The van der Waals surface area contributed by atoms with Crippen LogP contribution < -0.4 is 9.62 Å². The van der Waals surface area contributed by atoms with Gasteiger partial charge < -0.3 is 10.2 Å². The van der Waals surface area contributed by atoms with Crippen molar-refractivity contribution in [3.63, 3.8) is 0 Å². The molecule has 37 heavy (non-hydrogen) atoms. The highest BCUT2D eigenvalue weighted by molar-refractivity contribution is 7.92. The molecule has 0 radical (unpaired) electrons. The molecule has 1 atom stereocenters. The minimum absolute atomic E-state index is 0.00885. The van der Waals surface area contributed by atoms with Gasteiger partial charge in [0, 0.05) is 18.1 Å². The monoisotopic (exact) mass is 541 g/mol. The summed E-state index contributed by atoms with van der Waals surface area (Å²) in [4.78, 5) is 28.1. The van der Waals surface area contributed by atoms with Crippen molar-refractivity contribution in [3.05, 3.63) is 95.0 Å². The van der Waals surface area contributed by atoms with Crippen LogP contribution in [0.15, 0.2) is 83.8 Å². The van der Waals surface area contributed by atoms with Crippen LogP contribution in [0.4, 0.5) is 5.69 Å². The molecular formula is C28H32ClN3O4S. The summed E-state index contributed by atoms with van der Waals surface area (Å²) in [7, 11) is -4.12. The van der Waals surface area contributed by atoms with E-state index in [0.717, 1.165) is 21.9 Å². The zero-order valence-electron chi connectivity index (χ0n) is 21.2. The molecule has 0 aromatic heterocycles. The highest BCUT2D eigenvalue weighted by atomic mass is 35.5. The lowest BCUT2D eigenvalue weighted by Crippen LogP contribution is -2.51. The molecule has 0 saturated carbocycles. The normalized spacial score (nSPS) is 12.0. The smallest absolute Gasteiger partial charge is 0.264 e. The molecule has 1 N–H and O–H groups in total. The van der Waals surface area contributed by atoms with E-state index in [1.54, 1.807) is 25.1 Å². The second kappa shape index (κ2) is 12.7. The zero-order valence-corrected chi connectivity index (χ0v) is 22.8. The van der Waals surface area contributed by atoms with Crippen molar-refractivity contribution < 1.29 is 18.0 Å². The second-order valence-corrected chi connectivity index (χ2v) is 11.1. The Balaban J connectivity index is 2.00. The first-order valence-electron chi connectivity index (χ1n) is 12.1. The van der Waals surface area contributed by atoms with Gasteiger partial charge in [-0.3, -0.25) is 13.9 Å². The van der Waals surface area contributed by atoms with Gasteiger partial charge in [0.1, 0.15) is 12.6 Å². The SMILES string of the molecule is CCCNC(=O)[C@H](C)N(Cc1ccccc1)C(=O)CN(c1cccc(C)c1)S(=O)(=O)c1ccc(Cl)cc1. The highest BCUT2D eigenvalue weighted by Crippen LogP contribution is 2.26. The third-order valence-electron chi connectivity index (χ3n) is 5.88. The van der Waals surface area contributed by atoms with Crippen LogP contribution in [0.5, 0.6) is 0 Å². The number of aryl methyl sites for hydroxylation is 1. The number of hydrogen-bond donors (Lipinski definition) is 1. The molecule has 0 aliphatic heterocycles. The van der Waals surface area contributed by atoms with E-state index in [-0.39, 0.29) is 17.3 Å². The van der Waals surface area contributed by atoms with E-state index in [1.165, 1.54) is 29.2 Å². The molecule has 9 heteroatoms. The Bertz CT molecular complexity index is 1310. The van der Waals surface area contributed by atoms with Crippen LogP contribution in [0.3, 0.4) is 0 Å². The van der Waals surface area contributed by atoms with Gasteiger partial charge in [-0.15, -0.1) is 0 Å². The summed E-state index contributed by atoms with van der Waals surface area (Å²) in [6, 6.07) is 21.2. The van der Waals surface area contributed by atoms with Crippen molar-refractivity contribution >= 4 is 39.1 Å². The quantitative estimate of drug-likeness (QED) is 0.378. The van der Waals surface area contributed by atoms with Crippen LogP contribution in [0.2, 0.25) is 5.02 Å². The fourth-order valence-electron chi connectivity index (χ4n) is 3.80. The first-order valence-corrected chi connectivity index (χ1v) is 13.9. The summed E-state index contributed by atoms with van der Waals surface area (Å²) in [5.41, 5.74) is 2.02. The summed E-state index contributed by atoms with van der Waals surface area (Å²) in [5, 5.41) is 3.23. The highest BCUT2D eigenvalue weighted by Gasteiger charge is 2.32. The predicted molar refractivity (Wildman–Crippen MR) is 147 cm³/mol. The number of nitrogens with zero attached hydrogens (tertiary/aromatic N) is 2. The van der Waals surface area contributed by atoms with Crippen molar-refractivity contribution in [2.24, 2.45) is 0 Å². The maximum atomic E-state index is 13.8. The topological polar surface area (TPSA) is 86.8 Å². The fourth-order valence-corrected chi connectivity index (χ4v) is 5.34. The molecular weight excluding hydrogens is 510 g/mol. The lowest BCUT2D eigenvalue weighted by Gasteiger charge is -2.32. The predicted octanol–water partition coefficient (Wildman–Crippen LogP) is 4.79. The number of halogens is 1. The number of hydrogen-bond acceptors (Lipinski definition) is 4. The largest absolute Gasteiger partial charge is 0.354 e.